The third kappa shape index (κ3) is 4.63. The average molecular weight is 276 g/mol. The summed E-state index contributed by atoms with van der Waals surface area (Å²) in [5, 5.41) is 0.237. The molecular weight excluding hydrogens is 248 g/mol. The van der Waals surface area contributed by atoms with Crippen molar-refractivity contribution in [3.8, 4) is 0 Å². The number of hydrogen-bond donors (Lipinski definition) is 0. The third-order valence-corrected chi connectivity index (χ3v) is 8.54. The number of hydrogen-bond acceptors (Lipinski definition) is 1. The minimum Gasteiger partial charge on any atom is -0.410 e. The van der Waals surface area contributed by atoms with Crippen molar-refractivity contribution in [1.82, 2.24) is 0 Å². The topological polar surface area (TPSA) is 9.23 Å². The summed E-state index contributed by atoms with van der Waals surface area (Å²) in [6, 6.07) is 8.63. The van der Waals surface area contributed by atoms with Crippen LogP contribution in [0.25, 0.3) is 0 Å². The van der Waals surface area contributed by atoms with Crippen molar-refractivity contribution in [2.75, 3.05) is 0 Å². The Labute approximate surface area is 119 Å². The molecule has 0 amide bonds. The predicted octanol–water partition coefficient (Wildman–Crippen LogP) is 5.11. The Kier molecular flexibility index (Phi) is 5.16. The van der Waals surface area contributed by atoms with Gasteiger partial charge in [0.05, 0.1) is 6.10 Å². The van der Waals surface area contributed by atoms with Crippen molar-refractivity contribution in [3.63, 3.8) is 0 Å². The maximum atomic E-state index is 6.42. The summed E-state index contributed by atoms with van der Waals surface area (Å²) >= 11 is 0. The lowest BCUT2D eigenvalue weighted by Gasteiger charge is -2.38. The molecule has 0 heterocycles. The second-order valence-electron chi connectivity index (χ2n) is 6.85. The molecule has 1 nitrogen and oxygen atoms in total. The van der Waals surface area contributed by atoms with Gasteiger partial charge in [-0.1, -0.05) is 56.7 Å². The molecule has 0 saturated carbocycles. The Morgan fingerprint density at radius 1 is 1.32 bits per heavy atom. The highest BCUT2D eigenvalue weighted by Gasteiger charge is 2.38. The molecule has 1 aromatic carbocycles. The van der Waals surface area contributed by atoms with E-state index in [-0.39, 0.29) is 11.1 Å². The van der Waals surface area contributed by atoms with Gasteiger partial charge < -0.3 is 4.43 Å². The van der Waals surface area contributed by atoms with Crippen molar-refractivity contribution < 1.29 is 4.43 Å². The van der Waals surface area contributed by atoms with Gasteiger partial charge in [-0.05, 0) is 30.6 Å². The zero-order valence-electron chi connectivity index (χ0n) is 13.3. The molecule has 0 aromatic heterocycles. The molecule has 0 radical (unpaired) electrons. The Hall–Kier alpha value is -0.863. The van der Waals surface area contributed by atoms with Gasteiger partial charge in [0.1, 0.15) is 0 Å². The van der Waals surface area contributed by atoms with Crippen LogP contribution >= 0.6 is 0 Å². The van der Waals surface area contributed by atoms with Crippen LogP contribution in [0, 0.1) is 6.92 Å². The molecule has 1 atom stereocenters. The zero-order chi connectivity index (χ0) is 14.7. The summed E-state index contributed by atoms with van der Waals surface area (Å²) in [7, 11) is -1.73. The van der Waals surface area contributed by atoms with Gasteiger partial charge in [0, 0.05) is 6.42 Å². The Bertz CT molecular complexity index is 429. The summed E-state index contributed by atoms with van der Waals surface area (Å²) < 4.78 is 6.42. The van der Waals surface area contributed by atoms with E-state index in [9.17, 15) is 0 Å². The zero-order valence-corrected chi connectivity index (χ0v) is 14.3. The van der Waals surface area contributed by atoms with Crippen molar-refractivity contribution in [3.05, 3.63) is 48.0 Å². The van der Waals surface area contributed by atoms with E-state index in [0.29, 0.717) is 0 Å². The number of rotatable bonds is 5. The largest absolute Gasteiger partial charge is 0.410 e. The van der Waals surface area contributed by atoms with Gasteiger partial charge in [-0.3, -0.25) is 0 Å². The second kappa shape index (κ2) is 6.06. The van der Waals surface area contributed by atoms with E-state index in [2.05, 4.69) is 71.6 Å². The molecule has 0 N–H and O–H groups in total. The predicted molar refractivity (Wildman–Crippen MR) is 87.2 cm³/mol. The van der Waals surface area contributed by atoms with Crippen LogP contribution in [0.5, 0.6) is 0 Å². The van der Waals surface area contributed by atoms with Crippen LogP contribution in [0.2, 0.25) is 18.1 Å². The molecule has 2 heteroatoms. The fourth-order valence-corrected chi connectivity index (χ4v) is 3.09. The lowest BCUT2D eigenvalue weighted by Crippen LogP contribution is -2.44. The van der Waals surface area contributed by atoms with Gasteiger partial charge in [-0.2, -0.15) is 0 Å². The van der Waals surface area contributed by atoms with E-state index in [1.54, 1.807) is 0 Å². The normalized spacial score (nSPS) is 14.2. The summed E-state index contributed by atoms with van der Waals surface area (Å²) in [6.07, 6.45) is 2.98. The van der Waals surface area contributed by atoms with E-state index in [0.717, 1.165) is 6.42 Å². The van der Waals surface area contributed by atoms with Crippen molar-refractivity contribution >= 4 is 8.32 Å². The fourth-order valence-electron chi connectivity index (χ4n) is 1.80. The monoisotopic (exact) mass is 276 g/mol. The first-order valence-corrected chi connectivity index (χ1v) is 9.92. The van der Waals surface area contributed by atoms with E-state index < -0.39 is 8.32 Å². The Balaban J connectivity index is 2.78. The van der Waals surface area contributed by atoms with Gasteiger partial charge in [-0.15, -0.1) is 6.58 Å². The molecule has 1 rings (SSSR count). The molecular formula is C17H28OSi. The number of aryl methyl sites for hydroxylation is 1. The van der Waals surface area contributed by atoms with E-state index in [1.165, 1.54) is 11.1 Å². The van der Waals surface area contributed by atoms with Crippen LogP contribution in [0.4, 0.5) is 0 Å². The van der Waals surface area contributed by atoms with Crippen LogP contribution in [0.3, 0.4) is 0 Å². The maximum Gasteiger partial charge on any atom is 0.192 e. The maximum absolute atomic E-state index is 6.42. The minimum absolute atomic E-state index is 0.114. The van der Waals surface area contributed by atoms with E-state index in [4.69, 9.17) is 4.43 Å². The van der Waals surface area contributed by atoms with Crippen molar-refractivity contribution in [2.45, 2.75) is 58.4 Å². The van der Waals surface area contributed by atoms with Gasteiger partial charge in [0.15, 0.2) is 8.32 Å². The summed E-state index contributed by atoms with van der Waals surface area (Å²) in [5.41, 5.74) is 2.62. The molecule has 0 aliphatic carbocycles. The smallest absolute Gasteiger partial charge is 0.192 e. The van der Waals surface area contributed by atoms with E-state index >= 15 is 0 Å². The first-order chi connectivity index (χ1) is 8.65. The SMILES string of the molecule is C=C[C@@H](Cc1cccc(C)c1)O[Si](C)(C)C(C)(C)C. The summed E-state index contributed by atoms with van der Waals surface area (Å²) in [5.74, 6) is 0. The van der Waals surface area contributed by atoms with Crippen LogP contribution in [0.15, 0.2) is 36.9 Å². The van der Waals surface area contributed by atoms with Crippen LogP contribution in [-0.2, 0) is 10.8 Å². The highest BCUT2D eigenvalue weighted by atomic mass is 28.4. The van der Waals surface area contributed by atoms with Crippen LogP contribution in [-0.4, -0.2) is 14.4 Å². The molecule has 0 fully saturated rings. The highest BCUT2D eigenvalue weighted by Crippen LogP contribution is 2.37. The molecule has 106 valence electrons. The Morgan fingerprint density at radius 2 is 1.95 bits per heavy atom. The second-order valence-corrected chi connectivity index (χ2v) is 11.6. The summed E-state index contributed by atoms with van der Waals surface area (Å²) in [4.78, 5) is 0. The van der Waals surface area contributed by atoms with Gasteiger partial charge in [0.25, 0.3) is 0 Å². The molecule has 0 saturated heterocycles. The molecule has 0 spiro atoms. The highest BCUT2D eigenvalue weighted by molar-refractivity contribution is 6.74. The minimum atomic E-state index is -1.73. The van der Waals surface area contributed by atoms with Gasteiger partial charge >= 0.3 is 0 Å². The van der Waals surface area contributed by atoms with Gasteiger partial charge in [-0.25, -0.2) is 0 Å². The van der Waals surface area contributed by atoms with Crippen LogP contribution in [0.1, 0.15) is 31.9 Å². The van der Waals surface area contributed by atoms with Crippen LogP contribution < -0.4 is 0 Å². The lowest BCUT2D eigenvalue weighted by atomic mass is 10.1. The standard InChI is InChI=1S/C17H28OSi/c1-8-16(18-19(6,7)17(3,4)5)13-15-11-9-10-14(2)12-15/h8-12,16H,1,13H2,2-7H3/t16-/m0/s1. The Morgan fingerprint density at radius 3 is 2.42 bits per heavy atom. The van der Waals surface area contributed by atoms with Crippen molar-refractivity contribution in [2.24, 2.45) is 0 Å². The molecule has 0 bridgehead atoms. The number of benzene rings is 1. The molecule has 0 aliphatic rings. The molecule has 1 aromatic rings. The molecule has 0 unspecified atom stereocenters. The average Bonchev–Trinajstić information content (AvgIpc) is 2.26. The summed E-state index contributed by atoms with van der Waals surface area (Å²) in [6.45, 7) is 17.5. The van der Waals surface area contributed by atoms with Crippen molar-refractivity contribution in [1.29, 1.82) is 0 Å². The quantitative estimate of drug-likeness (QED) is 0.536. The fraction of sp³-hybridized carbons (Fsp3) is 0.529. The lowest BCUT2D eigenvalue weighted by molar-refractivity contribution is 0.225. The molecule has 0 aliphatic heterocycles. The van der Waals surface area contributed by atoms with E-state index in [1.807, 2.05) is 6.08 Å². The van der Waals surface area contributed by atoms with Gasteiger partial charge in [0.2, 0.25) is 0 Å². The first-order valence-electron chi connectivity index (χ1n) is 7.01. The third-order valence-electron chi connectivity index (χ3n) is 4.03. The molecule has 19 heavy (non-hydrogen) atoms. The first kappa shape index (κ1) is 16.2.